The number of hydrogen-bond acceptors (Lipinski definition) is 5. The van der Waals surface area contributed by atoms with Crippen LogP contribution in [0.5, 0.6) is 0 Å². The number of nitrogens with two attached hydrogens (primary N) is 1. The molecule has 0 radical (unpaired) electrons. The van der Waals surface area contributed by atoms with Crippen LogP contribution in [0.2, 0.25) is 0 Å². The van der Waals surface area contributed by atoms with Crippen molar-refractivity contribution in [2.45, 2.75) is 6.92 Å². The van der Waals surface area contributed by atoms with E-state index in [1.54, 1.807) is 30.6 Å². The Morgan fingerprint density at radius 3 is 2.47 bits per heavy atom. The van der Waals surface area contributed by atoms with E-state index in [0.717, 1.165) is 22.9 Å². The smallest absolute Gasteiger partial charge is 0.230 e. The number of rotatable bonds is 3. The summed E-state index contributed by atoms with van der Waals surface area (Å²) in [6.07, 6.45) is 4.34. The predicted molar refractivity (Wildman–Crippen MR) is 75.1 cm³/mol. The second kappa shape index (κ2) is 4.85. The first kappa shape index (κ1) is 13.3. The van der Waals surface area contributed by atoms with Crippen LogP contribution in [0.3, 0.4) is 0 Å². The van der Waals surface area contributed by atoms with E-state index in [1.165, 1.54) is 0 Å². The lowest BCUT2D eigenvalue weighted by molar-refractivity contribution is 0.606. The number of aryl methyl sites for hydroxylation is 1. The van der Waals surface area contributed by atoms with E-state index in [2.05, 4.69) is 14.7 Å². The zero-order valence-electron chi connectivity index (χ0n) is 10.6. The lowest BCUT2D eigenvalue weighted by atomic mass is 10.1. The second-order valence-electron chi connectivity index (χ2n) is 4.23. The summed E-state index contributed by atoms with van der Waals surface area (Å²) >= 11 is 0. The van der Waals surface area contributed by atoms with Crippen molar-refractivity contribution in [3.05, 3.63) is 36.2 Å². The maximum atomic E-state index is 11.1. The molecule has 2 rings (SSSR count). The van der Waals surface area contributed by atoms with E-state index in [1.807, 2.05) is 6.92 Å². The number of anilines is 2. The molecular formula is C12H14N4O2S. The van der Waals surface area contributed by atoms with Gasteiger partial charge in [-0.05, 0) is 30.7 Å². The molecule has 0 saturated carbocycles. The van der Waals surface area contributed by atoms with Gasteiger partial charge in [0.05, 0.1) is 6.26 Å². The van der Waals surface area contributed by atoms with Crippen LogP contribution >= 0.6 is 0 Å². The summed E-state index contributed by atoms with van der Waals surface area (Å²) in [4.78, 5) is 8.09. The number of nitrogens with zero attached hydrogens (tertiary/aromatic N) is 2. The highest BCUT2D eigenvalue weighted by Crippen LogP contribution is 2.23. The molecule has 0 unspecified atom stereocenters. The summed E-state index contributed by atoms with van der Waals surface area (Å²) in [5.41, 5.74) is 8.34. The van der Waals surface area contributed by atoms with Gasteiger partial charge in [-0.3, -0.25) is 4.72 Å². The highest BCUT2D eigenvalue weighted by Gasteiger charge is 2.06. The number of pyridine rings is 2. The third-order valence-electron chi connectivity index (χ3n) is 2.50. The first-order valence-corrected chi connectivity index (χ1v) is 7.40. The summed E-state index contributed by atoms with van der Waals surface area (Å²) in [7, 11) is -3.31. The maximum absolute atomic E-state index is 11.1. The third-order valence-corrected chi connectivity index (χ3v) is 3.08. The summed E-state index contributed by atoms with van der Waals surface area (Å²) in [6.45, 7) is 1.93. The minimum Gasteiger partial charge on any atom is -0.384 e. The molecule has 6 nitrogen and oxygen atoms in total. The van der Waals surface area contributed by atoms with Gasteiger partial charge in [0.1, 0.15) is 11.6 Å². The van der Waals surface area contributed by atoms with Gasteiger partial charge in [0, 0.05) is 23.5 Å². The fraction of sp³-hybridized carbons (Fsp3) is 0.167. The van der Waals surface area contributed by atoms with Gasteiger partial charge in [-0.2, -0.15) is 0 Å². The summed E-state index contributed by atoms with van der Waals surface area (Å²) in [6, 6.07) is 5.16. The molecule has 2 aromatic rings. The summed E-state index contributed by atoms with van der Waals surface area (Å²) in [5, 5.41) is 0. The van der Waals surface area contributed by atoms with E-state index >= 15 is 0 Å². The molecule has 0 aliphatic carbocycles. The molecular weight excluding hydrogens is 264 g/mol. The van der Waals surface area contributed by atoms with E-state index in [0.29, 0.717) is 5.82 Å². The van der Waals surface area contributed by atoms with Crippen molar-refractivity contribution < 1.29 is 8.42 Å². The number of aromatic nitrogens is 2. The Labute approximate surface area is 111 Å². The van der Waals surface area contributed by atoms with Crippen molar-refractivity contribution in [3.63, 3.8) is 0 Å². The molecule has 100 valence electrons. The maximum Gasteiger partial charge on any atom is 0.230 e. The lowest BCUT2D eigenvalue weighted by Crippen LogP contribution is -2.10. The van der Waals surface area contributed by atoms with Crippen LogP contribution in [0.4, 0.5) is 11.6 Å². The van der Waals surface area contributed by atoms with Crippen LogP contribution in [-0.4, -0.2) is 24.6 Å². The van der Waals surface area contributed by atoms with Crippen LogP contribution in [-0.2, 0) is 10.0 Å². The molecule has 7 heteroatoms. The monoisotopic (exact) mass is 278 g/mol. The van der Waals surface area contributed by atoms with Crippen molar-refractivity contribution in [2.75, 3.05) is 16.7 Å². The molecule has 0 aromatic carbocycles. The minimum absolute atomic E-state index is 0.285. The SMILES string of the molecule is Cc1cc(N)ncc1-c1ccc(NS(C)(=O)=O)nc1. The molecule has 0 saturated heterocycles. The van der Waals surface area contributed by atoms with E-state index in [9.17, 15) is 8.42 Å². The number of hydrogen-bond donors (Lipinski definition) is 2. The fourth-order valence-corrected chi connectivity index (χ4v) is 2.18. The van der Waals surface area contributed by atoms with E-state index in [4.69, 9.17) is 5.73 Å². The van der Waals surface area contributed by atoms with Crippen molar-refractivity contribution in [1.29, 1.82) is 0 Å². The Morgan fingerprint density at radius 1 is 1.21 bits per heavy atom. The molecule has 0 atom stereocenters. The molecule has 0 aliphatic heterocycles. The van der Waals surface area contributed by atoms with Crippen molar-refractivity contribution >= 4 is 21.7 Å². The minimum atomic E-state index is -3.31. The molecule has 19 heavy (non-hydrogen) atoms. The standard InChI is InChI=1S/C12H14N4O2S/c1-8-5-11(13)14-7-10(8)9-3-4-12(15-6-9)16-19(2,17)18/h3-7H,1-2H3,(H2,13,14)(H,15,16). The Bertz CT molecular complexity index is 696. The van der Waals surface area contributed by atoms with Crippen LogP contribution in [0.1, 0.15) is 5.56 Å². The Kier molecular flexibility index (Phi) is 3.39. The van der Waals surface area contributed by atoms with Crippen LogP contribution in [0.15, 0.2) is 30.6 Å². The lowest BCUT2D eigenvalue weighted by Gasteiger charge is -2.07. The Balaban J connectivity index is 2.32. The molecule has 0 bridgehead atoms. The van der Waals surface area contributed by atoms with Gasteiger partial charge in [-0.25, -0.2) is 18.4 Å². The van der Waals surface area contributed by atoms with Crippen molar-refractivity contribution in [3.8, 4) is 11.1 Å². The largest absolute Gasteiger partial charge is 0.384 e. The number of nitrogens with one attached hydrogen (secondary N) is 1. The number of sulfonamides is 1. The summed E-state index contributed by atoms with van der Waals surface area (Å²) in [5.74, 6) is 0.747. The van der Waals surface area contributed by atoms with Gasteiger partial charge >= 0.3 is 0 Å². The van der Waals surface area contributed by atoms with E-state index in [-0.39, 0.29) is 5.82 Å². The molecule has 2 aromatic heterocycles. The first-order valence-electron chi connectivity index (χ1n) is 5.51. The highest BCUT2D eigenvalue weighted by atomic mass is 32.2. The van der Waals surface area contributed by atoms with Crippen LogP contribution < -0.4 is 10.5 Å². The molecule has 0 spiro atoms. The fourth-order valence-electron chi connectivity index (χ4n) is 1.68. The Hall–Kier alpha value is -2.15. The summed E-state index contributed by atoms with van der Waals surface area (Å²) < 4.78 is 24.5. The first-order chi connectivity index (χ1) is 8.85. The molecule has 0 amide bonds. The van der Waals surface area contributed by atoms with Gasteiger partial charge in [-0.1, -0.05) is 0 Å². The van der Waals surface area contributed by atoms with Crippen LogP contribution in [0, 0.1) is 6.92 Å². The highest BCUT2D eigenvalue weighted by molar-refractivity contribution is 7.92. The van der Waals surface area contributed by atoms with Gasteiger partial charge in [-0.15, -0.1) is 0 Å². The Morgan fingerprint density at radius 2 is 1.95 bits per heavy atom. The van der Waals surface area contributed by atoms with Gasteiger partial charge in [0.2, 0.25) is 10.0 Å². The van der Waals surface area contributed by atoms with Crippen LogP contribution in [0.25, 0.3) is 11.1 Å². The topological polar surface area (TPSA) is 98.0 Å². The van der Waals surface area contributed by atoms with Crippen molar-refractivity contribution in [2.24, 2.45) is 0 Å². The average molecular weight is 278 g/mol. The molecule has 2 heterocycles. The molecule has 3 N–H and O–H groups in total. The third kappa shape index (κ3) is 3.41. The molecule has 0 fully saturated rings. The van der Waals surface area contributed by atoms with E-state index < -0.39 is 10.0 Å². The zero-order valence-corrected chi connectivity index (χ0v) is 11.4. The van der Waals surface area contributed by atoms with Crippen molar-refractivity contribution in [1.82, 2.24) is 9.97 Å². The normalized spacial score (nSPS) is 11.3. The average Bonchev–Trinajstić information content (AvgIpc) is 2.28. The van der Waals surface area contributed by atoms with Gasteiger partial charge in [0.15, 0.2) is 0 Å². The second-order valence-corrected chi connectivity index (χ2v) is 5.98. The number of nitrogen functional groups attached to an aromatic ring is 1. The van der Waals surface area contributed by atoms with Gasteiger partial charge < -0.3 is 5.73 Å². The predicted octanol–water partition coefficient (Wildman–Crippen LogP) is 1.41. The quantitative estimate of drug-likeness (QED) is 0.884. The molecule has 0 aliphatic rings. The van der Waals surface area contributed by atoms with Gasteiger partial charge in [0.25, 0.3) is 0 Å². The zero-order chi connectivity index (χ0) is 14.0.